The standard InChI is InChI=1S/C17H19N3O2/c1-13(21)20-12-6-9-16(20)17(22)18-14-7-2-3-8-15(14)19-10-4-5-11-19/h2-5,7-8,10-11,16H,6,9,12H2,1H3,(H,18,22)/t16-/m0/s1. The molecule has 3 rings (SSSR count). The van der Waals surface area contributed by atoms with Gasteiger partial charge in [0.05, 0.1) is 11.4 Å². The van der Waals surface area contributed by atoms with Crippen molar-refractivity contribution < 1.29 is 9.59 Å². The molecule has 1 fully saturated rings. The van der Waals surface area contributed by atoms with Crippen LogP contribution in [0.1, 0.15) is 19.8 Å². The second kappa shape index (κ2) is 6.05. The van der Waals surface area contributed by atoms with Crippen LogP contribution in [0.5, 0.6) is 0 Å². The number of likely N-dealkylation sites (tertiary alicyclic amines) is 1. The lowest BCUT2D eigenvalue weighted by Gasteiger charge is -2.23. The summed E-state index contributed by atoms with van der Waals surface area (Å²) in [4.78, 5) is 25.8. The maximum Gasteiger partial charge on any atom is 0.247 e. The molecule has 0 bridgehead atoms. The fourth-order valence-corrected chi connectivity index (χ4v) is 2.93. The molecule has 5 heteroatoms. The van der Waals surface area contributed by atoms with Gasteiger partial charge in [0.25, 0.3) is 0 Å². The molecule has 1 aromatic carbocycles. The van der Waals surface area contributed by atoms with E-state index in [2.05, 4.69) is 5.32 Å². The first-order valence-electron chi connectivity index (χ1n) is 7.47. The van der Waals surface area contributed by atoms with Gasteiger partial charge in [-0.15, -0.1) is 0 Å². The van der Waals surface area contributed by atoms with Gasteiger partial charge in [-0.25, -0.2) is 0 Å². The largest absolute Gasteiger partial charge is 0.331 e. The minimum atomic E-state index is -0.366. The Bertz CT molecular complexity index is 679. The molecule has 5 nitrogen and oxygen atoms in total. The third-order valence-electron chi connectivity index (χ3n) is 4.00. The van der Waals surface area contributed by atoms with Gasteiger partial charge >= 0.3 is 0 Å². The Morgan fingerprint density at radius 3 is 2.59 bits per heavy atom. The molecular formula is C17H19N3O2. The van der Waals surface area contributed by atoms with Crippen LogP contribution in [-0.4, -0.2) is 33.9 Å². The van der Waals surface area contributed by atoms with Crippen molar-refractivity contribution in [3.05, 3.63) is 48.8 Å². The number of hydrogen-bond donors (Lipinski definition) is 1. The summed E-state index contributed by atoms with van der Waals surface area (Å²) in [7, 11) is 0. The lowest BCUT2D eigenvalue weighted by atomic mass is 10.2. The molecule has 22 heavy (non-hydrogen) atoms. The highest BCUT2D eigenvalue weighted by Crippen LogP contribution is 2.23. The van der Waals surface area contributed by atoms with Crippen LogP contribution in [0.15, 0.2) is 48.8 Å². The van der Waals surface area contributed by atoms with E-state index >= 15 is 0 Å². The highest BCUT2D eigenvalue weighted by molar-refractivity contribution is 5.98. The summed E-state index contributed by atoms with van der Waals surface area (Å²) in [5, 5.41) is 2.97. The number of nitrogens with zero attached hydrogens (tertiary/aromatic N) is 2. The van der Waals surface area contributed by atoms with Gasteiger partial charge in [0, 0.05) is 25.9 Å². The summed E-state index contributed by atoms with van der Waals surface area (Å²) in [6.45, 7) is 2.17. The molecule has 1 aromatic heterocycles. The molecule has 2 amide bonds. The summed E-state index contributed by atoms with van der Waals surface area (Å²) in [6, 6.07) is 11.2. The minimum Gasteiger partial charge on any atom is -0.331 e. The summed E-state index contributed by atoms with van der Waals surface area (Å²) in [5.74, 6) is -0.163. The quantitative estimate of drug-likeness (QED) is 0.946. The maximum atomic E-state index is 12.5. The van der Waals surface area contributed by atoms with Gasteiger partial charge in [0.2, 0.25) is 11.8 Å². The number of carbonyl (C=O) groups excluding carboxylic acids is 2. The van der Waals surface area contributed by atoms with Crippen LogP contribution in [0.25, 0.3) is 5.69 Å². The Labute approximate surface area is 129 Å². The number of rotatable bonds is 3. The zero-order valence-electron chi connectivity index (χ0n) is 12.5. The average molecular weight is 297 g/mol. The van der Waals surface area contributed by atoms with Crippen LogP contribution < -0.4 is 5.32 Å². The summed E-state index contributed by atoms with van der Waals surface area (Å²) in [6.07, 6.45) is 5.46. The van der Waals surface area contributed by atoms with Gasteiger partial charge in [-0.3, -0.25) is 9.59 Å². The molecule has 0 unspecified atom stereocenters. The van der Waals surface area contributed by atoms with E-state index in [1.807, 2.05) is 53.4 Å². The first kappa shape index (κ1) is 14.4. The molecule has 1 N–H and O–H groups in total. The first-order chi connectivity index (χ1) is 10.7. The lowest BCUT2D eigenvalue weighted by molar-refractivity contribution is -0.134. The zero-order valence-corrected chi connectivity index (χ0v) is 12.5. The Morgan fingerprint density at radius 2 is 1.86 bits per heavy atom. The molecule has 0 aliphatic carbocycles. The molecular weight excluding hydrogens is 278 g/mol. The van der Waals surface area contributed by atoms with Crippen LogP contribution in [0.2, 0.25) is 0 Å². The number of amides is 2. The van der Waals surface area contributed by atoms with Gasteiger partial charge in [0.15, 0.2) is 0 Å². The van der Waals surface area contributed by atoms with E-state index in [1.54, 1.807) is 4.90 Å². The highest BCUT2D eigenvalue weighted by Gasteiger charge is 2.32. The number of nitrogens with one attached hydrogen (secondary N) is 1. The van der Waals surface area contributed by atoms with Gasteiger partial charge in [-0.2, -0.15) is 0 Å². The van der Waals surface area contributed by atoms with Crippen molar-refractivity contribution in [2.24, 2.45) is 0 Å². The Kier molecular flexibility index (Phi) is 3.96. The van der Waals surface area contributed by atoms with Gasteiger partial charge < -0.3 is 14.8 Å². The normalized spacial score (nSPS) is 17.5. The van der Waals surface area contributed by atoms with Crippen molar-refractivity contribution in [1.29, 1.82) is 0 Å². The first-order valence-corrected chi connectivity index (χ1v) is 7.47. The maximum absolute atomic E-state index is 12.5. The molecule has 1 aliphatic heterocycles. The number of carbonyl (C=O) groups is 2. The van der Waals surface area contributed by atoms with E-state index in [0.717, 1.165) is 24.2 Å². The van der Waals surface area contributed by atoms with Crippen molar-refractivity contribution in [2.75, 3.05) is 11.9 Å². The predicted molar refractivity (Wildman–Crippen MR) is 84.8 cm³/mol. The zero-order chi connectivity index (χ0) is 15.5. The number of para-hydroxylation sites is 2. The van der Waals surface area contributed by atoms with E-state index < -0.39 is 0 Å². The monoisotopic (exact) mass is 297 g/mol. The Balaban J connectivity index is 1.82. The molecule has 1 atom stereocenters. The second-order valence-corrected chi connectivity index (χ2v) is 5.47. The topological polar surface area (TPSA) is 54.3 Å². The third-order valence-corrected chi connectivity index (χ3v) is 4.00. The Hall–Kier alpha value is -2.56. The third kappa shape index (κ3) is 2.74. The van der Waals surface area contributed by atoms with E-state index in [1.165, 1.54) is 6.92 Å². The van der Waals surface area contributed by atoms with Gasteiger partial charge in [0.1, 0.15) is 6.04 Å². The van der Waals surface area contributed by atoms with Gasteiger partial charge in [-0.1, -0.05) is 12.1 Å². The van der Waals surface area contributed by atoms with Crippen molar-refractivity contribution in [2.45, 2.75) is 25.8 Å². The number of benzene rings is 1. The number of aromatic nitrogens is 1. The fourth-order valence-electron chi connectivity index (χ4n) is 2.93. The second-order valence-electron chi connectivity index (χ2n) is 5.47. The fraction of sp³-hybridized carbons (Fsp3) is 0.294. The van der Waals surface area contributed by atoms with Crippen molar-refractivity contribution in [3.63, 3.8) is 0 Å². The average Bonchev–Trinajstić information content (AvgIpc) is 3.19. The molecule has 2 aromatic rings. The number of anilines is 1. The van der Waals surface area contributed by atoms with Crippen molar-refractivity contribution in [1.82, 2.24) is 9.47 Å². The SMILES string of the molecule is CC(=O)N1CCC[C@H]1C(=O)Nc1ccccc1-n1cccc1. The molecule has 0 saturated carbocycles. The molecule has 1 saturated heterocycles. The van der Waals surface area contributed by atoms with Crippen LogP contribution in [-0.2, 0) is 9.59 Å². The summed E-state index contributed by atoms with van der Waals surface area (Å²) >= 11 is 0. The molecule has 1 aliphatic rings. The van der Waals surface area contributed by atoms with Crippen molar-refractivity contribution >= 4 is 17.5 Å². The lowest BCUT2D eigenvalue weighted by Crippen LogP contribution is -2.42. The van der Waals surface area contributed by atoms with Crippen LogP contribution in [0.4, 0.5) is 5.69 Å². The number of hydrogen-bond acceptors (Lipinski definition) is 2. The van der Waals surface area contributed by atoms with Crippen molar-refractivity contribution in [3.8, 4) is 5.69 Å². The Morgan fingerprint density at radius 1 is 1.14 bits per heavy atom. The molecule has 0 spiro atoms. The highest BCUT2D eigenvalue weighted by atomic mass is 16.2. The van der Waals surface area contributed by atoms with Crippen LogP contribution >= 0.6 is 0 Å². The summed E-state index contributed by atoms with van der Waals surface area (Å²) < 4.78 is 1.95. The minimum absolute atomic E-state index is 0.0451. The van der Waals surface area contributed by atoms with E-state index in [0.29, 0.717) is 6.54 Å². The predicted octanol–water partition coefficient (Wildman–Crippen LogP) is 2.43. The molecule has 114 valence electrons. The molecule has 2 heterocycles. The van der Waals surface area contributed by atoms with Crippen LogP contribution in [0, 0.1) is 0 Å². The van der Waals surface area contributed by atoms with Gasteiger partial charge in [-0.05, 0) is 37.1 Å². The van der Waals surface area contributed by atoms with Crippen LogP contribution in [0.3, 0.4) is 0 Å². The van der Waals surface area contributed by atoms with E-state index in [9.17, 15) is 9.59 Å². The molecule has 0 radical (unpaired) electrons. The van der Waals surface area contributed by atoms with E-state index in [-0.39, 0.29) is 17.9 Å². The smallest absolute Gasteiger partial charge is 0.247 e. The summed E-state index contributed by atoms with van der Waals surface area (Å²) in [5.41, 5.74) is 1.66. The van der Waals surface area contributed by atoms with E-state index in [4.69, 9.17) is 0 Å².